The summed E-state index contributed by atoms with van der Waals surface area (Å²) in [6, 6.07) is 5.76. The first-order valence-electron chi connectivity index (χ1n) is 5.77. The molecule has 2 aromatic rings. The second-order valence-electron chi connectivity index (χ2n) is 4.04. The van der Waals surface area contributed by atoms with E-state index in [1.165, 1.54) is 18.2 Å². The number of nitro benzene ring substituents is 1. The van der Waals surface area contributed by atoms with Crippen molar-refractivity contribution in [3.8, 4) is 0 Å². The minimum absolute atomic E-state index is 0.0203. The predicted octanol–water partition coefficient (Wildman–Crippen LogP) is 0.946. The number of aromatic carboxylic acids is 1. The van der Waals surface area contributed by atoms with E-state index in [0.717, 1.165) is 6.33 Å². The minimum atomic E-state index is -1.30. The maximum absolute atomic E-state index is 11.8. The number of aromatic nitrogens is 2. The lowest BCUT2D eigenvalue weighted by Gasteiger charge is -2.04. The molecule has 1 heterocycles. The van der Waals surface area contributed by atoms with E-state index in [0.29, 0.717) is 5.56 Å². The van der Waals surface area contributed by atoms with Crippen molar-refractivity contribution in [2.45, 2.75) is 6.54 Å². The van der Waals surface area contributed by atoms with E-state index in [4.69, 9.17) is 5.11 Å². The quantitative estimate of drug-likeness (QED) is 0.553. The first kappa shape index (κ1) is 14.2. The molecule has 1 aromatic heterocycles. The SMILES string of the molecule is O=C(NCc1cccc([N+](=O)[O-])c1)c1nc[nH]c1C(=O)O. The fraction of sp³-hybridized carbons (Fsp3) is 0.0833. The van der Waals surface area contributed by atoms with Crippen molar-refractivity contribution in [3.63, 3.8) is 0 Å². The van der Waals surface area contributed by atoms with Gasteiger partial charge >= 0.3 is 5.97 Å². The number of rotatable bonds is 5. The summed E-state index contributed by atoms with van der Waals surface area (Å²) >= 11 is 0. The van der Waals surface area contributed by atoms with Crippen LogP contribution in [0, 0.1) is 10.1 Å². The molecule has 9 heteroatoms. The maximum atomic E-state index is 11.8. The van der Waals surface area contributed by atoms with Gasteiger partial charge in [-0.05, 0) is 5.56 Å². The number of amides is 1. The zero-order valence-corrected chi connectivity index (χ0v) is 10.6. The molecule has 0 bridgehead atoms. The van der Waals surface area contributed by atoms with E-state index in [1.54, 1.807) is 6.07 Å². The van der Waals surface area contributed by atoms with Gasteiger partial charge in [0.1, 0.15) is 0 Å². The summed E-state index contributed by atoms with van der Waals surface area (Å²) in [5, 5.41) is 22.0. The predicted molar refractivity (Wildman–Crippen MR) is 69.8 cm³/mol. The van der Waals surface area contributed by atoms with Gasteiger partial charge in [0.05, 0.1) is 11.3 Å². The van der Waals surface area contributed by atoms with Crippen LogP contribution in [0.4, 0.5) is 5.69 Å². The van der Waals surface area contributed by atoms with E-state index < -0.39 is 16.8 Å². The van der Waals surface area contributed by atoms with Crippen LogP contribution in [0.15, 0.2) is 30.6 Å². The molecule has 0 unspecified atom stereocenters. The molecule has 0 fully saturated rings. The Bertz CT molecular complexity index is 709. The zero-order chi connectivity index (χ0) is 15.4. The second-order valence-corrected chi connectivity index (χ2v) is 4.04. The van der Waals surface area contributed by atoms with Crippen LogP contribution in [-0.2, 0) is 6.54 Å². The molecule has 2 rings (SSSR count). The molecule has 21 heavy (non-hydrogen) atoms. The fourth-order valence-electron chi connectivity index (χ4n) is 1.68. The van der Waals surface area contributed by atoms with Crippen molar-refractivity contribution >= 4 is 17.6 Å². The number of hydrogen-bond acceptors (Lipinski definition) is 5. The second kappa shape index (κ2) is 5.82. The van der Waals surface area contributed by atoms with Crippen LogP contribution in [-0.4, -0.2) is 31.9 Å². The van der Waals surface area contributed by atoms with E-state index in [9.17, 15) is 19.7 Å². The van der Waals surface area contributed by atoms with Crippen LogP contribution in [0.1, 0.15) is 26.5 Å². The molecule has 3 N–H and O–H groups in total. The minimum Gasteiger partial charge on any atom is -0.477 e. The number of nitro groups is 1. The Hall–Kier alpha value is -3.23. The number of non-ortho nitro benzene ring substituents is 1. The van der Waals surface area contributed by atoms with Gasteiger partial charge in [0.25, 0.3) is 11.6 Å². The van der Waals surface area contributed by atoms with Gasteiger partial charge in [-0.15, -0.1) is 0 Å². The normalized spacial score (nSPS) is 10.1. The highest BCUT2D eigenvalue weighted by atomic mass is 16.6. The number of benzene rings is 1. The summed E-state index contributed by atoms with van der Waals surface area (Å²) in [6.45, 7) is 0.0203. The topological polar surface area (TPSA) is 138 Å². The number of carbonyl (C=O) groups is 2. The maximum Gasteiger partial charge on any atom is 0.354 e. The van der Waals surface area contributed by atoms with Crippen molar-refractivity contribution in [2.24, 2.45) is 0 Å². The lowest BCUT2D eigenvalue weighted by Crippen LogP contribution is -2.25. The summed E-state index contributed by atoms with van der Waals surface area (Å²) in [7, 11) is 0. The molecule has 0 atom stereocenters. The van der Waals surface area contributed by atoms with Gasteiger partial charge in [-0.2, -0.15) is 0 Å². The molecule has 1 amide bonds. The highest BCUT2D eigenvalue weighted by Gasteiger charge is 2.19. The van der Waals surface area contributed by atoms with Gasteiger partial charge in [-0.3, -0.25) is 14.9 Å². The Balaban J connectivity index is 2.07. The number of carbonyl (C=O) groups excluding carboxylic acids is 1. The number of nitrogens with one attached hydrogen (secondary N) is 2. The van der Waals surface area contributed by atoms with Crippen molar-refractivity contribution in [1.82, 2.24) is 15.3 Å². The summed E-state index contributed by atoms with van der Waals surface area (Å²) < 4.78 is 0. The molecule has 0 spiro atoms. The average Bonchev–Trinajstić information content (AvgIpc) is 2.94. The van der Waals surface area contributed by atoms with Gasteiger partial charge in [-0.1, -0.05) is 12.1 Å². The van der Waals surface area contributed by atoms with Crippen LogP contribution in [0.2, 0.25) is 0 Å². The molecular formula is C12H10N4O5. The standard InChI is InChI=1S/C12H10N4O5/c17-11(9-10(12(18)19)15-6-14-9)13-5-7-2-1-3-8(4-7)16(20)21/h1-4,6H,5H2,(H,13,17)(H,14,15)(H,18,19). The molecule has 0 saturated carbocycles. The highest BCUT2D eigenvalue weighted by molar-refractivity contribution is 6.02. The largest absolute Gasteiger partial charge is 0.477 e. The monoisotopic (exact) mass is 290 g/mol. The van der Waals surface area contributed by atoms with Crippen molar-refractivity contribution in [1.29, 1.82) is 0 Å². The average molecular weight is 290 g/mol. The highest BCUT2D eigenvalue weighted by Crippen LogP contribution is 2.13. The van der Waals surface area contributed by atoms with Crippen LogP contribution in [0.5, 0.6) is 0 Å². The van der Waals surface area contributed by atoms with E-state index in [1.807, 2.05) is 0 Å². The van der Waals surface area contributed by atoms with Crippen LogP contribution in [0.25, 0.3) is 0 Å². The third-order valence-corrected chi connectivity index (χ3v) is 2.64. The van der Waals surface area contributed by atoms with Crippen molar-refractivity contribution < 1.29 is 19.6 Å². The molecule has 0 aliphatic heterocycles. The third-order valence-electron chi connectivity index (χ3n) is 2.64. The summed E-state index contributed by atoms with van der Waals surface area (Å²) in [5.41, 5.74) is -0.128. The molecule has 1 aromatic carbocycles. The number of imidazole rings is 1. The van der Waals surface area contributed by atoms with Crippen LogP contribution in [0.3, 0.4) is 0 Å². The van der Waals surface area contributed by atoms with Gasteiger partial charge in [0.2, 0.25) is 0 Å². The molecule has 0 radical (unpaired) electrons. The number of nitrogens with zero attached hydrogens (tertiary/aromatic N) is 2. The van der Waals surface area contributed by atoms with Crippen molar-refractivity contribution in [3.05, 3.63) is 57.7 Å². The Morgan fingerprint density at radius 3 is 2.86 bits per heavy atom. The molecule has 0 saturated heterocycles. The van der Waals surface area contributed by atoms with E-state index in [2.05, 4.69) is 15.3 Å². The lowest BCUT2D eigenvalue weighted by atomic mass is 10.2. The third kappa shape index (κ3) is 3.21. The summed E-state index contributed by atoms with van der Waals surface area (Å²) in [4.78, 5) is 38.8. The zero-order valence-electron chi connectivity index (χ0n) is 10.6. The van der Waals surface area contributed by atoms with E-state index in [-0.39, 0.29) is 23.6 Å². The molecule has 108 valence electrons. The molecule has 0 aliphatic rings. The number of H-pyrrole nitrogens is 1. The van der Waals surface area contributed by atoms with Crippen LogP contribution >= 0.6 is 0 Å². The first-order chi connectivity index (χ1) is 9.99. The smallest absolute Gasteiger partial charge is 0.354 e. The van der Waals surface area contributed by atoms with E-state index >= 15 is 0 Å². The van der Waals surface area contributed by atoms with Crippen LogP contribution < -0.4 is 5.32 Å². The number of aromatic amines is 1. The Morgan fingerprint density at radius 1 is 1.43 bits per heavy atom. The van der Waals surface area contributed by atoms with Gasteiger partial charge in [-0.25, -0.2) is 9.78 Å². The number of hydrogen-bond donors (Lipinski definition) is 3. The molecular weight excluding hydrogens is 280 g/mol. The first-order valence-corrected chi connectivity index (χ1v) is 5.77. The van der Waals surface area contributed by atoms with Gasteiger partial charge in [0.15, 0.2) is 11.4 Å². The summed E-state index contributed by atoms with van der Waals surface area (Å²) in [5.74, 6) is -1.98. The molecule has 0 aliphatic carbocycles. The Morgan fingerprint density at radius 2 is 2.19 bits per heavy atom. The van der Waals surface area contributed by atoms with Gasteiger partial charge in [0, 0.05) is 18.7 Å². The molecule has 9 nitrogen and oxygen atoms in total. The lowest BCUT2D eigenvalue weighted by molar-refractivity contribution is -0.384. The number of carboxylic acid groups (broad SMARTS) is 1. The number of carboxylic acids is 1. The van der Waals surface area contributed by atoms with Gasteiger partial charge < -0.3 is 15.4 Å². The fourth-order valence-corrected chi connectivity index (χ4v) is 1.68. The summed E-state index contributed by atoms with van der Waals surface area (Å²) in [6.07, 6.45) is 1.10. The Kier molecular flexibility index (Phi) is 3.93. The van der Waals surface area contributed by atoms with Crippen molar-refractivity contribution in [2.75, 3.05) is 0 Å². The Labute approximate surface area is 117 Å².